The summed E-state index contributed by atoms with van der Waals surface area (Å²) in [6.45, 7) is 4.45. The average molecular weight is 222 g/mol. The molecule has 5 nitrogen and oxygen atoms in total. The van der Waals surface area contributed by atoms with Crippen LogP contribution in [0.3, 0.4) is 0 Å². The Hall–Kier alpha value is -1.49. The van der Waals surface area contributed by atoms with Gasteiger partial charge in [0.15, 0.2) is 0 Å². The molecule has 0 aromatic carbocycles. The molecule has 0 aliphatic heterocycles. The molecule has 1 aromatic heterocycles. The molecule has 0 saturated heterocycles. The maximum absolute atomic E-state index is 11.6. The van der Waals surface area contributed by atoms with Crippen LogP contribution in [0.5, 0.6) is 0 Å². The van der Waals surface area contributed by atoms with Crippen molar-refractivity contribution in [2.24, 2.45) is 11.7 Å². The van der Waals surface area contributed by atoms with Crippen molar-refractivity contribution in [2.45, 2.75) is 32.9 Å². The average Bonchev–Trinajstić information content (AvgIpc) is 2.26. The van der Waals surface area contributed by atoms with E-state index in [-0.39, 0.29) is 5.91 Å². The molecule has 0 spiro atoms. The van der Waals surface area contributed by atoms with Crippen molar-refractivity contribution in [1.29, 1.82) is 0 Å². The number of amides is 1. The van der Waals surface area contributed by atoms with Gasteiger partial charge >= 0.3 is 0 Å². The molecule has 5 heteroatoms. The summed E-state index contributed by atoms with van der Waals surface area (Å²) < 4.78 is 0. The van der Waals surface area contributed by atoms with Crippen molar-refractivity contribution in [3.05, 3.63) is 24.0 Å². The van der Waals surface area contributed by atoms with E-state index in [1.165, 1.54) is 0 Å². The molecule has 1 amide bonds. The summed E-state index contributed by atoms with van der Waals surface area (Å²) in [5.41, 5.74) is 6.46. The van der Waals surface area contributed by atoms with Gasteiger partial charge in [-0.25, -0.2) is 0 Å². The first kappa shape index (κ1) is 12.6. The van der Waals surface area contributed by atoms with E-state index in [1.807, 2.05) is 13.8 Å². The Morgan fingerprint density at radius 3 is 2.88 bits per heavy atom. The van der Waals surface area contributed by atoms with Crippen LogP contribution in [-0.4, -0.2) is 22.1 Å². The highest BCUT2D eigenvalue weighted by atomic mass is 16.2. The van der Waals surface area contributed by atoms with Gasteiger partial charge in [-0.2, -0.15) is 10.2 Å². The Kier molecular flexibility index (Phi) is 4.85. The quantitative estimate of drug-likeness (QED) is 0.758. The number of carbonyl (C=O) groups excluding carboxylic acids is 1. The number of nitrogens with zero attached hydrogens (tertiary/aromatic N) is 2. The summed E-state index contributed by atoms with van der Waals surface area (Å²) >= 11 is 0. The summed E-state index contributed by atoms with van der Waals surface area (Å²) in [6, 6.07) is 3.14. The van der Waals surface area contributed by atoms with E-state index in [1.54, 1.807) is 18.3 Å². The first-order chi connectivity index (χ1) is 7.59. The molecule has 16 heavy (non-hydrogen) atoms. The number of nitrogens with two attached hydrogens (primary N) is 1. The van der Waals surface area contributed by atoms with Crippen LogP contribution in [-0.2, 0) is 11.3 Å². The zero-order valence-corrected chi connectivity index (χ0v) is 9.68. The minimum absolute atomic E-state index is 0.139. The number of hydrogen-bond donors (Lipinski definition) is 2. The number of hydrogen-bond acceptors (Lipinski definition) is 4. The molecule has 0 saturated carbocycles. The third-order valence-electron chi connectivity index (χ3n) is 2.13. The van der Waals surface area contributed by atoms with Crippen LogP contribution in [0.15, 0.2) is 18.3 Å². The molecule has 88 valence electrons. The summed E-state index contributed by atoms with van der Waals surface area (Å²) in [4.78, 5) is 11.6. The van der Waals surface area contributed by atoms with Gasteiger partial charge in [-0.3, -0.25) is 4.79 Å². The van der Waals surface area contributed by atoms with Gasteiger partial charge in [0.2, 0.25) is 5.91 Å². The number of rotatable bonds is 5. The SMILES string of the molecule is CC(C)C[C@H](N)C(=O)NCc1cccnn1. The highest BCUT2D eigenvalue weighted by Gasteiger charge is 2.14. The van der Waals surface area contributed by atoms with Crippen LogP contribution in [0.4, 0.5) is 0 Å². The van der Waals surface area contributed by atoms with Crippen molar-refractivity contribution in [3.8, 4) is 0 Å². The zero-order chi connectivity index (χ0) is 12.0. The maximum atomic E-state index is 11.6. The molecule has 1 heterocycles. The molecule has 1 aromatic rings. The predicted molar refractivity (Wildman–Crippen MR) is 61.3 cm³/mol. The van der Waals surface area contributed by atoms with Gasteiger partial charge in [-0.05, 0) is 24.5 Å². The van der Waals surface area contributed by atoms with Gasteiger partial charge in [0.05, 0.1) is 18.3 Å². The lowest BCUT2D eigenvalue weighted by molar-refractivity contribution is -0.122. The van der Waals surface area contributed by atoms with E-state index < -0.39 is 6.04 Å². The van der Waals surface area contributed by atoms with Crippen LogP contribution < -0.4 is 11.1 Å². The second-order valence-electron chi connectivity index (χ2n) is 4.17. The molecular formula is C11H18N4O. The molecule has 0 aliphatic carbocycles. The molecule has 1 atom stereocenters. The number of carbonyl (C=O) groups is 1. The van der Waals surface area contributed by atoms with E-state index in [0.717, 1.165) is 5.69 Å². The van der Waals surface area contributed by atoms with E-state index in [4.69, 9.17) is 5.73 Å². The van der Waals surface area contributed by atoms with Crippen LogP contribution in [0.1, 0.15) is 26.0 Å². The first-order valence-electron chi connectivity index (χ1n) is 5.39. The van der Waals surface area contributed by atoms with E-state index in [0.29, 0.717) is 18.9 Å². The molecule has 0 bridgehead atoms. The summed E-state index contributed by atoms with van der Waals surface area (Å²) in [5, 5.41) is 10.3. The molecule has 0 fully saturated rings. The fourth-order valence-corrected chi connectivity index (χ4v) is 1.35. The van der Waals surface area contributed by atoms with Gasteiger partial charge in [-0.1, -0.05) is 13.8 Å². The molecule has 0 unspecified atom stereocenters. The normalized spacial score (nSPS) is 12.5. The van der Waals surface area contributed by atoms with Crippen LogP contribution in [0.25, 0.3) is 0 Å². The molecule has 1 rings (SSSR count). The topological polar surface area (TPSA) is 80.9 Å². The van der Waals surface area contributed by atoms with Gasteiger partial charge in [-0.15, -0.1) is 0 Å². The molecule has 3 N–H and O–H groups in total. The highest BCUT2D eigenvalue weighted by molar-refractivity contribution is 5.81. The Bertz CT molecular complexity index is 326. The van der Waals surface area contributed by atoms with Crippen molar-refractivity contribution in [1.82, 2.24) is 15.5 Å². The highest BCUT2D eigenvalue weighted by Crippen LogP contribution is 2.02. The smallest absolute Gasteiger partial charge is 0.237 e. The minimum Gasteiger partial charge on any atom is -0.349 e. The predicted octanol–water partition coefficient (Wildman–Crippen LogP) is 0.466. The van der Waals surface area contributed by atoms with Gasteiger partial charge in [0, 0.05) is 6.20 Å². The van der Waals surface area contributed by atoms with Crippen LogP contribution in [0.2, 0.25) is 0 Å². The Morgan fingerprint density at radius 1 is 1.56 bits per heavy atom. The summed E-state index contributed by atoms with van der Waals surface area (Å²) in [5.74, 6) is 0.275. The van der Waals surface area contributed by atoms with Crippen LogP contribution >= 0.6 is 0 Å². The Balaban J connectivity index is 2.35. The Morgan fingerprint density at radius 2 is 2.31 bits per heavy atom. The van der Waals surface area contributed by atoms with E-state index in [2.05, 4.69) is 15.5 Å². The fourth-order valence-electron chi connectivity index (χ4n) is 1.35. The van der Waals surface area contributed by atoms with Gasteiger partial charge < -0.3 is 11.1 Å². The standard InChI is InChI=1S/C11H18N4O/c1-8(2)6-10(12)11(16)13-7-9-4-3-5-14-15-9/h3-5,8,10H,6-7,12H2,1-2H3,(H,13,16)/t10-/m0/s1. The summed E-state index contributed by atoms with van der Waals surface area (Å²) in [7, 11) is 0. The number of nitrogens with one attached hydrogen (secondary N) is 1. The fraction of sp³-hybridized carbons (Fsp3) is 0.545. The van der Waals surface area contributed by atoms with Crippen molar-refractivity contribution in [2.75, 3.05) is 0 Å². The van der Waals surface area contributed by atoms with Crippen molar-refractivity contribution in [3.63, 3.8) is 0 Å². The second kappa shape index (κ2) is 6.17. The third kappa shape index (κ3) is 4.35. The number of aromatic nitrogens is 2. The van der Waals surface area contributed by atoms with Crippen LogP contribution in [0, 0.1) is 5.92 Å². The minimum atomic E-state index is -0.448. The lowest BCUT2D eigenvalue weighted by atomic mass is 10.0. The zero-order valence-electron chi connectivity index (χ0n) is 9.68. The van der Waals surface area contributed by atoms with Crippen molar-refractivity contribution < 1.29 is 4.79 Å². The van der Waals surface area contributed by atoms with Gasteiger partial charge in [0.1, 0.15) is 0 Å². The van der Waals surface area contributed by atoms with E-state index in [9.17, 15) is 4.79 Å². The van der Waals surface area contributed by atoms with Crippen molar-refractivity contribution >= 4 is 5.91 Å². The Labute approximate surface area is 95.4 Å². The molecular weight excluding hydrogens is 204 g/mol. The third-order valence-corrected chi connectivity index (χ3v) is 2.13. The molecule has 0 radical (unpaired) electrons. The lowest BCUT2D eigenvalue weighted by Gasteiger charge is -2.13. The second-order valence-corrected chi connectivity index (χ2v) is 4.17. The molecule has 0 aliphatic rings. The monoisotopic (exact) mass is 222 g/mol. The first-order valence-corrected chi connectivity index (χ1v) is 5.39. The summed E-state index contributed by atoms with van der Waals surface area (Å²) in [6.07, 6.45) is 2.28. The largest absolute Gasteiger partial charge is 0.349 e. The maximum Gasteiger partial charge on any atom is 0.237 e. The van der Waals surface area contributed by atoms with Gasteiger partial charge in [0.25, 0.3) is 0 Å². The lowest BCUT2D eigenvalue weighted by Crippen LogP contribution is -2.41. The van der Waals surface area contributed by atoms with E-state index >= 15 is 0 Å².